The van der Waals surface area contributed by atoms with E-state index in [1.165, 1.54) is 6.20 Å². The first-order chi connectivity index (χ1) is 10.1. The average Bonchev–Trinajstić information content (AvgIpc) is 2.88. The topological polar surface area (TPSA) is 48.0 Å². The van der Waals surface area contributed by atoms with E-state index in [0.717, 1.165) is 17.6 Å². The number of hydrogen-bond acceptors (Lipinski definition) is 3. The van der Waals surface area contributed by atoms with Crippen LogP contribution in [0.2, 0.25) is 5.15 Å². The fraction of sp³-hybridized carbons (Fsp3) is 0.308. The summed E-state index contributed by atoms with van der Waals surface area (Å²) in [4.78, 5) is 4.28. The highest BCUT2D eigenvalue weighted by Crippen LogP contribution is 2.55. The van der Waals surface area contributed by atoms with Gasteiger partial charge in [0, 0.05) is 30.1 Å². The Balaban J connectivity index is 1.67. The SMILES string of the molecule is FC(F)n1ccc([C@H]2C[C@@H]2c2cc(Cl)nn3ccnc23)n1. The van der Waals surface area contributed by atoms with Crippen LogP contribution in [-0.4, -0.2) is 24.4 Å². The van der Waals surface area contributed by atoms with Gasteiger partial charge in [0.1, 0.15) is 5.15 Å². The van der Waals surface area contributed by atoms with Gasteiger partial charge in [-0.2, -0.15) is 19.0 Å². The largest absolute Gasteiger partial charge is 0.333 e. The van der Waals surface area contributed by atoms with Gasteiger partial charge in [-0.15, -0.1) is 0 Å². The van der Waals surface area contributed by atoms with Crippen molar-refractivity contribution in [2.75, 3.05) is 0 Å². The molecule has 5 nitrogen and oxygen atoms in total. The highest BCUT2D eigenvalue weighted by atomic mass is 35.5. The summed E-state index contributed by atoms with van der Waals surface area (Å²) in [5.41, 5.74) is 2.41. The van der Waals surface area contributed by atoms with E-state index in [4.69, 9.17) is 11.6 Å². The summed E-state index contributed by atoms with van der Waals surface area (Å²) in [5, 5.41) is 8.45. The van der Waals surface area contributed by atoms with Crippen LogP contribution in [0.1, 0.15) is 36.1 Å². The molecule has 1 aliphatic carbocycles. The van der Waals surface area contributed by atoms with Crippen LogP contribution in [0.25, 0.3) is 5.65 Å². The first-order valence-electron chi connectivity index (χ1n) is 6.46. The van der Waals surface area contributed by atoms with Gasteiger partial charge in [0.2, 0.25) is 0 Å². The van der Waals surface area contributed by atoms with Crippen LogP contribution in [0.15, 0.2) is 30.7 Å². The van der Waals surface area contributed by atoms with Crippen molar-refractivity contribution in [3.05, 3.63) is 47.1 Å². The standard InChI is InChI=1S/C13H10ClF2N5/c14-11-6-9(12-17-2-4-20(12)19-11)7-5-8(7)10-1-3-21(18-10)13(15)16/h1-4,6-8,13H,5H2/t7-,8-/m0/s1. The Bertz CT molecular complexity index is 812. The van der Waals surface area contributed by atoms with E-state index in [0.29, 0.717) is 15.5 Å². The van der Waals surface area contributed by atoms with E-state index in [2.05, 4.69) is 15.2 Å². The van der Waals surface area contributed by atoms with E-state index in [1.807, 2.05) is 0 Å². The zero-order valence-corrected chi connectivity index (χ0v) is 11.5. The smallest absolute Gasteiger partial charge is 0.235 e. The van der Waals surface area contributed by atoms with Gasteiger partial charge in [-0.25, -0.2) is 14.2 Å². The van der Waals surface area contributed by atoms with Crippen molar-refractivity contribution in [1.29, 1.82) is 0 Å². The molecule has 1 fully saturated rings. The lowest BCUT2D eigenvalue weighted by atomic mass is 10.1. The maximum absolute atomic E-state index is 12.6. The normalized spacial score (nSPS) is 21.3. The molecule has 3 aromatic heterocycles. The Morgan fingerprint density at radius 1 is 1.24 bits per heavy atom. The highest BCUT2D eigenvalue weighted by molar-refractivity contribution is 6.29. The molecule has 0 bridgehead atoms. The minimum atomic E-state index is -2.61. The maximum atomic E-state index is 12.6. The molecule has 0 amide bonds. The molecule has 0 radical (unpaired) electrons. The number of rotatable bonds is 3. The van der Waals surface area contributed by atoms with Gasteiger partial charge in [0.15, 0.2) is 5.65 Å². The summed E-state index contributed by atoms with van der Waals surface area (Å²) in [7, 11) is 0. The van der Waals surface area contributed by atoms with E-state index >= 15 is 0 Å². The molecule has 4 rings (SSSR count). The lowest BCUT2D eigenvalue weighted by Crippen LogP contribution is -1.99. The summed E-state index contributed by atoms with van der Waals surface area (Å²) >= 11 is 6.01. The molecule has 3 aromatic rings. The van der Waals surface area contributed by atoms with Crippen LogP contribution in [0.4, 0.5) is 8.78 Å². The van der Waals surface area contributed by atoms with Crippen molar-refractivity contribution in [3.63, 3.8) is 0 Å². The van der Waals surface area contributed by atoms with E-state index in [1.54, 1.807) is 29.0 Å². The van der Waals surface area contributed by atoms with Gasteiger partial charge in [0.05, 0.1) is 5.69 Å². The molecule has 0 aliphatic heterocycles. The quantitative estimate of drug-likeness (QED) is 0.746. The molecular formula is C13H10ClF2N5. The fourth-order valence-corrected chi connectivity index (χ4v) is 2.91. The van der Waals surface area contributed by atoms with Crippen molar-refractivity contribution in [2.45, 2.75) is 24.8 Å². The number of imidazole rings is 1. The number of nitrogens with zero attached hydrogens (tertiary/aromatic N) is 5. The number of alkyl halides is 2. The van der Waals surface area contributed by atoms with Gasteiger partial charge in [-0.05, 0) is 24.5 Å². The lowest BCUT2D eigenvalue weighted by Gasteiger charge is -2.03. The average molecular weight is 310 g/mol. The maximum Gasteiger partial charge on any atom is 0.333 e. The van der Waals surface area contributed by atoms with Gasteiger partial charge < -0.3 is 0 Å². The van der Waals surface area contributed by atoms with E-state index < -0.39 is 6.55 Å². The molecule has 0 N–H and O–H groups in total. The monoisotopic (exact) mass is 309 g/mol. The highest BCUT2D eigenvalue weighted by Gasteiger charge is 2.43. The first-order valence-corrected chi connectivity index (χ1v) is 6.84. The van der Waals surface area contributed by atoms with Crippen LogP contribution < -0.4 is 0 Å². The third kappa shape index (κ3) is 2.08. The van der Waals surface area contributed by atoms with Crippen molar-refractivity contribution in [2.24, 2.45) is 0 Å². The second-order valence-electron chi connectivity index (χ2n) is 5.06. The predicted octanol–water partition coefficient (Wildman–Crippen LogP) is 3.25. The van der Waals surface area contributed by atoms with Gasteiger partial charge >= 0.3 is 6.55 Å². The zero-order valence-electron chi connectivity index (χ0n) is 10.7. The lowest BCUT2D eigenvalue weighted by molar-refractivity contribution is 0.0562. The summed E-state index contributed by atoms with van der Waals surface area (Å²) in [6, 6.07) is 3.43. The molecule has 2 atom stereocenters. The molecular weight excluding hydrogens is 300 g/mol. The Labute approximate surface area is 123 Å². The summed E-state index contributed by atoms with van der Waals surface area (Å²) in [6.45, 7) is -2.61. The van der Waals surface area contributed by atoms with E-state index in [9.17, 15) is 8.78 Å². The molecule has 0 spiro atoms. The Morgan fingerprint density at radius 3 is 2.86 bits per heavy atom. The van der Waals surface area contributed by atoms with Gasteiger partial charge in [-0.1, -0.05) is 11.6 Å². The minimum absolute atomic E-state index is 0.129. The third-order valence-corrected chi connectivity index (χ3v) is 3.94. The number of aromatic nitrogens is 5. The minimum Gasteiger partial charge on any atom is -0.235 e. The first kappa shape index (κ1) is 12.7. The molecule has 1 aliphatic rings. The predicted molar refractivity (Wildman–Crippen MR) is 71.6 cm³/mol. The molecule has 8 heteroatoms. The van der Waals surface area contributed by atoms with Crippen molar-refractivity contribution in [3.8, 4) is 0 Å². The summed E-state index contributed by atoms with van der Waals surface area (Å²) < 4.78 is 27.4. The van der Waals surface area contributed by atoms with Crippen molar-refractivity contribution < 1.29 is 8.78 Å². The van der Waals surface area contributed by atoms with Crippen LogP contribution in [0.3, 0.4) is 0 Å². The molecule has 3 heterocycles. The third-order valence-electron chi connectivity index (χ3n) is 3.76. The molecule has 1 saturated carbocycles. The molecule has 108 valence electrons. The van der Waals surface area contributed by atoms with Crippen molar-refractivity contribution >= 4 is 17.2 Å². The van der Waals surface area contributed by atoms with Crippen LogP contribution >= 0.6 is 11.6 Å². The van der Waals surface area contributed by atoms with Crippen molar-refractivity contribution in [1.82, 2.24) is 24.4 Å². The van der Waals surface area contributed by atoms with Crippen LogP contribution in [0.5, 0.6) is 0 Å². The Hall–Kier alpha value is -2.02. The molecule has 0 aromatic carbocycles. The fourth-order valence-electron chi connectivity index (χ4n) is 2.71. The number of halogens is 3. The molecule has 0 unspecified atom stereocenters. The molecule has 21 heavy (non-hydrogen) atoms. The molecule has 0 saturated heterocycles. The zero-order chi connectivity index (χ0) is 14.6. The number of hydrogen-bond donors (Lipinski definition) is 0. The Kier molecular flexibility index (Phi) is 2.72. The number of fused-ring (bicyclic) bond motifs is 1. The van der Waals surface area contributed by atoms with Crippen LogP contribution in [0, 0.1) is 0 Å². The van der Waals surface area contributed by atoms with Crippen LogP contribution in [-0.2, 0) is 0 Å². The van der Waals surface area contributed by atoms with E-state index in [-0.39, 0.29) is 11.8 Å². The summed E-state index contributed by atoms with van der Waals surface area (Å²) in [5.74, 6) is 0.320. The second-order valence-corrected chi connectivity index (χ2v) is 5.45. The van der Waals surface area contributed by atoms with Gasteiger partial charge in [-0.3, -0.25) is 0 Å². The Morgan fingerprint density at radius 2 is 2.10 bits per heavy atom. The second kappa shape index (κ2) is 4.49. The summed E-state index contributed by atoms with van der Waals surface area (Å²) in [6.07, 6.45) is 5.54. The van der Waals surface area contributed by atoms with Gasteiger partial charge in [0.25, 0.3) is 0 Å².